The van der Waals surface area contributed by atoms with Crippen LogP contribution >= 0.6 is 46.6 Å². The van der Waals surface area contributed by atoms with Crippen molar-refractivity contribution in [3.05, 3.63) is 89.6 Å². The first-order valence-electron chi connectivity index (χ1n) is 11.3. The molecule has 4 unspecified atom stereocenters. The Labute approximate surface area is 229 Å². The number of carbonyl (C=O) groups is 1. The quantitative estimate of drug-likeness (QED) is 0.252. The Balaban J connectivity index is 1.59. The van der Waals surface area contributed by atoms with Crippen molar-refractivity contribution in [3.63, 3.8) is 0 Å². The summed E-state index contributed by atoms with van der Waals surface area (Å²) in [4.78, 5) is 16.5. The summed E-state index contributed by atoms with van der Waals surface area (Å²) in [5, 5.41) is 12.9. The molecule has 0 saturated carbocycles. The van der Waals surface area contributed by atoms with Crippen molar-refractivity contribution >= 4 is 58.2 Å². The molecule has 4 atom stereocenters. The lowest BCUT2D eigenvalue weighted by Gasteiger charge is -2.41. The molecule has 10 heteroatoms. The van der Waals surface area contributed by atoms with E-state index >= 15 is 0 Å². The maximum Gasteiger partial charge on any atom is 0.276 e. The zero-order chi connectivity index (χ0) is 25.7. The van der Waals surface area contributed by atoms with Crippen molar-refractivity contribution in [1.29, 1.82) is 0 Å². The highest BCUT2D eigenvalue weighted by Gasteiger charge is 2.38. The van der Waals surface area contributed by atoms with Crippen molar-refractivity contribution in [2.45, 2.75) is 40.8 Å². The fourth-order valence-corrected chi connectivity index (χ4v) is 5.04. The van der Waals surface area contributed by atoms with Crippen molar-refractivity contribution < 1.29 is 19.4 Å². The van der Waals surface area contributed by atoms with Crippen LogP contribution in [0.2, 0.25) is 0 Å². The summed E-state index contributed by atoms with van der Waals surface area (Å²) in [6.07, 6.45) is 0.660. The molecular weight excluding hydrogens is 543 g/mol. The van der Waals surface area contributed by atoms with Crippen LogP contribution in [0.15, 0.2) is 78.0 Å². The Hall–Kier alpha value is -1.84. The van der Waals surface area contributed by atoms with E-state index in [4.69, 9.17) is 44.3 Å². The summed E-state index contributed by atoms with van der Waals surface area (Å²) in [6, 6.07) is 20.6. The average molecular weight is 568 g/mol. The van der Waals surface area contributed by atoms with Crippen LogP contribution in [0.4, 0.5) is 5.69 Å². The lowest BCUT2D eigenvalue weighted by Crippen LogP contribution is -2.38. The fraction of sp³-hybridized carbons (Fsp3) is 0.308. The molecule has 1 saturated heterocycles. The fourth-order valence-electron chi connectivity index (χ4n) is 3.87. The first-order valence-corrected chi connectivity index (χ1v) is 13.4. The molecule has 190 valence electrons. The van der Waals surface area contributed by atoms with E-state index in [0.29, 0.717) is 17.0 Å². The number of nitrogens with zero attached hydrogens (tertiary/aromatic N) is 1. The molecule has 6 nitrogen and oxygen atoms in total. The number of carbonyl (C=O) groups excluding carboxylic acids is 1. The number of benzene rings is 2. The van der Waals surface area contributed by atoms with E-state index in [1.165, 1.54) is 0 Å². The number of aromatic nitrogens is 1. The zero-order valence-corrected chi connectivity index (χ0v) is 22.4. The van der Waals surface area contributed by atoms with Gasteiger partial charge in [-0.3, -0.25) is 4.79 Å². The Bertz CT molecular complexity index is 1160. The van der Waals surface area contributed by atoms with E-state index in [1.54, 1.807) is 36.2 Å². The number of halogens is 3. The van der Waals surface area contributed by atoms with E-state index in [2.05, 4.69) is 17.2 Å². The van der Waals surface area contributed by atoms with Gasteiger partial charge in [-0.15, -0.1) is 11.8 Å². The molecule has 1 aliphatic heterocycles. The van der Waals surface area contributed by atoms with E-state index < -0.39 is 16.0 Å². The highest BCUT2D eigenvalue weighted by Crippen LogP contribution is 2.43. The molecule has 1 aliphatic rings. The number of aliphatic hydroxyl groups excluding tert-OH is 1. The highest BCUT2D eigenvalue weighted by molar-refractivity contribution is 7.99. The van der Waals surface area contributed by atoms with Gasteiger partial charge in [0.1, 0.15) is 0 Å². The van der Waals surface area contributed by atoms with Crippen molar-refractivity contribution in [2.24, 2.45) is 5.92 Å². The number of hydrogen-bond acceptors (Lipinski definition) is 6. The highest BCUT2D eigenvalue weighted by atomic mass is 35.6. The minimum absolute atomic E-state index is 0.0247. The monoisotopic (exact) mass is 566 g/mol. The molecular formula is C26H25Cl3N2O4S. The molecule has 36 heavy (non-hydrogen) atoms. The summed E-state index contributed by atoms with van der Waals surface area (Å²) in [5.74, 6) is -0.0487. The number of ether oxygens (including phenoxy) is 2. The number of hydrogen-bond donors (Lipinski definition) is 2. The van der Waals surface area contributed by atoms with Crippen LogP contribution in [0, 0.1) is 5.92 Å². The molecule has 0 bridgehead atoms. The van der Waals surface area contributed by atoms with Crippen LogP contribution in [0.1, 0.15) is 36.0 Å². The molecule has 2 N–H and O–H groups in total. The predicted molar refractivity (Wildman–Crippen MR) is 143 cm³/mol. The largest absolute Gasteiger partial charge is 0.392 e. The molecule has 0 radical (unpaired) electrons. The minimum atomic E-state index is -2.08. The van der Waals surface area contributed by atoms with E-state index in [9.17, 15) is 9.90 Å². The molecule has 1 amide bonds. The Morgan fingerprint density at radius 2 is 1.83 bits per heavy atom. The molecule has 3 aromatic rings. The van der Waals surface area contributed by atoms with Crippen LogP contribution < -0.4 is 5.32 Å². The second kappa shape index (κ2) is 12.1. The number of amides is 1. The summed E-state index contributed by atoms with van der Waals surface area (Å²) < 4.78 is 10.8. The van der Waals surface area contributed by atoms with Gasteiger partial charge in [0, 0.05) is 29.1 Å². The maximum absolute atomic E-state index is 12.1. The van der Waals surface area contributed by atoms with Crippen LogP contribution in [0.3, 0.4) is 0 Å². The number of aliphatic hydroxyl groups is 1. The summed E-state index contributed by atoms with van der Waals surface area (Å²) in [5.41, 5.74) is 2.99. The van der Waals surface area contributed by atoms with Crippen LogP contribution in [0.5, 0.6) is 0 Å². The first kappa shape index (κ1) is 27.2. The van der Waals surface area contributed by atoms with Crippen molar-refractivity contribution in [3.8, 4) is 0 Å². The number of thioether (sulfide) groups is 1. The van der Waals surface area contributed by atoms with Gasteiger partial charge in [-0.1, -0.05) is 84.2 Å². The number of rotatable bonds is 7. The maximum atomic E-state index is 12.1. The van der Waals surface area contributed by atoms with Crippen LogP contribution in [-0.2, 0) is 20.9 Å². The third kappa shape index (κ3) is 6.92. The van der Waals surface area contributed by atoms with Gasteiger partial charge < -0.3 is 19.9 Å². The van der Waals surface area contributed by atoms with E-state index in [1.807, 2.05) is 48.5 Å². The van der Waals surface area contributed by atoms with Crippen LogP contribution in [0.25, 0.3) is 0 Å². The second-order valence-electron chi connectivity index (χ2n) is 8.38. The summed E-state index contributed by atoms with van der Waals surface area (Å²) in [6.45, 7) is 2.07. The lowest BCUT2D eigenvalue weighted by molar-refractivity contribution is -0.268. The van der Waals surface area contributed by atoms with Gasteiger partial charge in [0.25, 0.3) is 9.70 Å². The van der Waals surface area contributed by atoms with Gasteiger partial charge >= 0.3 is 0 Å². The van der Waals surface area contributed by atoms with Gasteiger partial charge in [-0.2, -0.15) is 0 Å². The number of anilines is 1. The van der Waals surface area contributed by atoms with Gasteiger partial charge in [0.2, 0.25) is 0 Å². The zero-order valence-electron chi connectivity index (χ0n) is 19.3. The predicted octanol–water partition coefficient (Wildman–Crippen LogP) is 6.47. The first-order chi connectivity index (χ1) is 17.2. The Morgan fingerprint density at radius 1 is 1.06 bits per heavy atom. The van der Waals surface area contributed by atoms with Crippen molar-refractivity contribution in [2.75, 3.05) is 11.1 Å². The normalized spacial score (nSPS) is 22.2. The van der Waals surface area contributed by atoms with Gasteiger partial charge in [-0.05, 0) is 35.4 Å². The average Bonchev–Trinajstić information content (AvgIpc) is 2.88. The standard InChI is InChI=1S/C26H25Cl3N2O4S/c1-16-21(15-36-22-7-2-3-12-30-22)34-24(35-23(16)18-10-8-17(14-32)9-11-18)19-5-4-6-20(13-19)31-25(33)26(27,28)29/h2-13,16,21,23-24,32H,14-15H2,1H3,(H,31,33). The van der Waals surface area contributed by atoms with Gasteiger partial charge in [0.15, 0.2) is 6.29 Å². The molecule has 2 heterocycles. The second-order valence-corrected chi connectivity index (χ2v) is 11.7. The molecule has 2 aromatic carbocycles. The third-order valence-electron chi connectivity index (χ3n) is 5.83. The topological polar surface area (TPSA) is 80.7 Å². The molecule has 0 spiro atoms. The number of pyridine rings is 1. The minimum Gasteiger partial charge on any atom is -0.392 e. The smallest absolute Gasteiger partial charge is 0.276 e. The van der Waals surface area contributed by atoms with Crippen molar-refractivity contribution in [1.82, 2.24) is 4.98 Å². The van der Waals surface area contributed by atoms with Gasteiger partial charge in [0.05, 0.1) is 23.8 Å². The number of nitrogens with one attached hydrogen (secondary N) is 1. The summed E-state index contributed by atoms with van der Waals surface area (Å²) >= 11 is 18.7. The molecule has 1 fully saturated rings. The third-order valence-corrected chi connectivity index (χ3v) is 7.38. The van der Waals surface area contributed by atoms with Crippen LogP contribution in [-0.4, -0.2) is 31.6 Å². The van der Waals surface area contributed by atoms with E-state index in [0.717, 1.165) is 16.2 Å². The molecule has 1 aromatic heterocycles. The molecule has 0 aliphatic carbocycles. The Kier molecular flexibility index (Phi) is 9.17. The molecule has 4 rings (SSSR count). The SMILES string of the molecule is CC1C(CSc2ccccn2)OC(c2cccc(NC(=O)C(Cl)(Cl)Cl)c2)OC1c1ccc(CO)cc1. The van der Waals surface area contributed by atoms with Gasteiger partial charge in [-0.25, -0.2) is 4.98 Å². The lowest BCUT2D eigenvalue weighted by atomic mass is 9.91. The summed E-state index contributed by atoms with van der Waals surface area (Å²) in [7, 11) is 0. The van der Waals surface area contributed by atoms with E-state index in [-0.39, 0.29) is 24.7 Å². The Morgan fingerprint density at radius 3 is 2.50 bits per heavy atom. The number of alkyl halides is 3.